The van der Waals surface area contributed by atoms with Crippen molar-refractivity contribution in [2.75, 3.05) is 6.61 Å². The first-order valence-corrected chi connectivity index (χ1v) is 9.17. The van der Waals surface area contributed by atoms with E-state index in [1.54, 1.807) is 17.6 Å². The lowest BCUT2D eigenvalue weighted by molar-refractivity contribution is -0.129. The maximum atomic E-state index is 10.9. The summed E-state index contributed by atoms with van der Waals surface area (Å²) < 4.78 is 11.5. The summed E-state index contributed by atoms with van der Waals surface area (Å²) in [4.78, 5) is 15.4. The molecule has 2 N–H and O–H groups in total. The molecule has 1 amide bonds. The molecule has 0 unspecified atom stereocenters. The van der Waals surface area contributed by atoms with Gasteiger partial charge in [-0.3, -0.25) is 10.0 Å². The number of aromatic nitrogens is 1. The number of hydroxylamine groups is 1. The molecule has 1 aromatic heterocycles. The molecule has 27 heavy (non-hydrogen) atoms. The summed E-state index contributed by atoms with van der Waals surface area (Å²) in [5, 5.41) is 8.92. The first-order chi connectivity index (χ1) is 13.1. The Morgan fingerprint density at radius 3 is 2.85 bits per heavy atom. The summed E-state index contributed by atoms with van der Waals surface area (Å²) in [6.45, 7) is 2.51. The third-order valence-electron chi connectivity index (χ3n) is 4.15. The molecule has 0 aliphatic rings. The van der Waals surface area contributed by atoms with Crippen molar-refractivity contribution in [2.24, 2.45) is 0 Å². The lowest BCUT2D eigenvalue weighted by Crippen LogP contribution is -2.17. The van der Waals surface area contributed by atoms with E-state index in [0.29, 0.717) is 36.1 Å². The second-order valence-corrected chi connectivity index (χ2v) is 6.74. The van der Waals surface area contributed by atoms with Crippen LogP contribution in [0, 0.1) is 6.92 Å². The van der Waals surface area contributed by atoms with Crippen molar-refractivity contribution in [2.45, 2.75) is 32.6 Å². The molecule has 0 saturated carbocycles. The molecular weight excluding hydrogens is 368 g/mol. The number of ether oxygens (including phenoxy) is 1. The van der Waals surface area contributed by atoms with Gasteiger partial charge < -0.3 is 9.15 Å². The van der Waals surface area contributed by atoms with E-state index in [-0.39, 0.29) is 5.91 Å². The highest BCUT2D eigenvalue weighted by Gasteiger charge is 2.11. The number of oxazole rings is 1. The summed E-state index contributed by atoms with van der Waals surface area (Å²) in [5.41, 5.74) is 5.08. The van der Waals surface area contributed by atoms with Crippen molar-refractivity contribution < 1.29 is 19.2 Å². The van der Waals surface area contributed by atoms with Crippen molar-refractivity contribution in [1.82, 2.24) is 10.5 Å². The molecule has 0 aliphatic carbocycles. The topological polar surface area (TPSA) is 84.6 Å². The van der Waals surface area contributed by atoms with Crippen LogP contribution in [0.5, 0.6) is 5.75 Å². The summed E-state index contributed by atoms with van der Waals surface area (Å²) in [7, 11) is 0. The highest BCUT2D eigenvalue weighted by Crippen LogP contribution is 2.32. The third kappa shape index (κ3) is 4.99. The average molecular weight is 389 g/mol. The molecule has 142 valence electrons. The van der Waals surface area contributed by atoms with Gasteiger partial charge in [-0.1, -0.05) is 17.7 Å². The van der Waals surface area contributed by atoms with Gasteiger partial charge in [0.25, 0.3) is 0 Å². The second kappa shape index (κ2) is 8.88. The van der Waals surface area contributed by atoms with Gasteiger partial charge in [0.05, 0.1) is 11.6 Å². The van der Waals surface area contributed by atoms with Crippen molar-refractivity contribution in [3.63, 3.8) is 0 Å². The van der Waals surface area contributed by atoms with Crippen LogP contribution in [0.3, 0.4) is 0 Å². The van der Waals surface area contributed by atoms with Crippen molar-refractivity contribution in [3.8, 4) is 17.2 Å². The number of fused-ring (bicyclic) bond motifs is 1. The SMILES string of the molecule is Cc1ccc2nc(-c3ccc(OCCCCCC(=O)NO)c(Cl)c3)oc2c1. The maximum absolute atomic E-state index is 10.9. The Labute approximate surface area is 162 Å². The fraction of sp³-hybridized carbons (Fsp3) is 0.300. The van der Waals surface area contributed by atoms with E-state index in [9.17, 15) is 4.79 Å². The van der Waals surface area contributed by atoms with Gasteiger partial charge in [-0.25, -0.2) is 10.5 Å². The average Bonchev–Trinajstić information content (AvgIpc) is 3.08. The fourth-order valence-electron chi connectivity index (χ4n) is 2.71. The Bertz CT molecular complexity index is 939. The van der Waals surface area contributed by atoms with Gasteiger partial charge in [-0.05, 0) is 62.1 Å². The third-order valence-corrected chi connectivity index (χ3v) is 4.45. The molecule has 6 nitrogen and oxygen atoms in total. The van der Waals surface area contributed by atoms with Crippen LogP contribution in [0.25, 0.3) is 22.6 Å². The van der Waals surface area contributed by atoms with E-state index in [2.05, 4.69) is 4.98 Å². The van der Waals surface area contributed by atoms with Crippen LogP contribution in [-0.4, -0.2) is 22.7 Å². The van der Waals surface area contributed by atoms with E-state index >= 15 is 0 Å². The summed E-state index contributed by atoms with van der Waals surface area (Å²) >= 11 is 6.33. The number of aryl methyl sites for hydroxylation is 1. The highest BCUT2D eigenvalue weighted by atomic mass is 35.5. The summed E-state index contributed by atoms with van der Waals surface area (Å²) in [6.07, 6.45) is 2.61. The number of carbonyl (C=O) groups is 1. The number of benzene rings is 2. The van der Waals surface area contributed by atoms with Crippen LogP contribution in [0.4, 0.5) is 0 Å². The van der Waals surface area contributed by atoms with Gasteiger partial charge >= 0.3 is 0 Å². The van der Waals surface area contributed by atoms with E-state index in [4.69, 9.17) is 26.0 Å². The molecule has 0 fully saturated rings. The standard InChI is InChI=1S/C20H21ClN2O4/c1-13-6-8-16-18(11-13)27-20(22-16)14-7-9-17(15(21)12-14)26-10-4-2-3-5-19(24)23-25/h6-9,11-12,25H,2-5,10H2,1H3,(H,23,24). The minimum atomic E-state index is -0.371. The van der Waals surface area contributed by atoms with E-state index in [0.717, 1.165) is 35.1 Å². The van der Waals surface area contributed by atoms with Gasteiger partial charge in [-0.2, -0.15) is 0 Å². The maximum Gasteiger partial charge on any atom is 0.243 e. The zero-order valence-corrected chi connectivity index (χ0v) is 15.8. The zero-order chi connectivity index (χ0) is 19.2. The van der Waals surface area contributed by atoms with Gasteiger partial charge in [0.1, 0.15) is 11.3 Å². The first-order valence-electron chi connectivity index (χ1n) is 8.79. The zero-order valence-electron chi connectivity index (χ0n) is 15.0. The Balaban J connectivity index is 1.57. The largest absolute Gasteiger partial charge is 0.492 e. The number of amides is 1. The Hall–Kier alpha value is -2.57. The van der Waals surface area contributed by atoms with E-state index in [1.807, 2.05) is 31.2 Å². The van der Waals surface area contributed by atoms with Gasteiger partial charge in [-0.15, -0.1) is 0 Å². The smallest absolute Gasteiger partial charge is 0.243 e. The van der Waals surface area contributed by atoms with Crippen LogP contribution >= 0.6 is 11.6 Å². The number of halogens is 1. The lowest BCUT2D eigenvalue weighted by Gasteiger charge is -2.08. The molecule has 0 saturated heterocycles. The number of nitrogens with one attached hydrogen (secondary N) is 1. The molecule has 0 atom stereocenters. The minimum Gasteiger partial charge on any atom is -0.492 e. The van der Waals surface area contributed by atoms with Crippen LogP contribution in [0.2, 0.25) is 5.02 Å². The first kappa shape index (κ1) is 19.2. The minimum absolute atomic E-state index is 0.302. The second-order valence-electron chi connectivity index (χ2n) is 6.33. The Kier molecular flexibility index (Phi) is 6.32. The van der Waals surface area contributed by atoms with E-state index in [1.165, 1.54) is 0 Å². The van der Waals surface area contributed by atoms with Gasteiger partial charge in [0.2, 0.25) is 11.8 Å². The lowest BCUT2D eigenvalue weighted by atomic mass is 10.2. The monoisotopic (exact) mass is 388 g/mol. The number of hydrogen-bond donors (Lipinski definition) is 2. The van der Waals surface area contributed by atoms with E-state index < -0.39 is 0 Å². The molecule has 0 aliphatic heterocycles. The molecule has 7 heteroatoms. The number of nitrogens with zero attached hydrogens (tertiary/aromatic N) is 1. The molecule has 0 radical (unpaired) electrons. The van der Waals surface area contributed by atoms with Crippen molar-refractivity contribution in [1.29, 1.82) is 0 Å². The van der Waals surface area contributed by atoms with Gasteiger partial charge in [0, 0.05) is 12.0 Å². The van der Waals surface area contributed by atoms with Crippen molar-refractivity contribution in [3.05, 3.63) is 47.0 Å². The normalized spacial score (nSPS) is 10.9. The highest BCUT2D eigenvalue weighted by molar-refractivity contribution is 6.32. The Morgan fingerprint density at radius 1 is 1.22 bits per heavy atom. The molecule has 1 heterocycles. The molecular formula is C20H21ClN2O4. The molecule has 2 aromatic carbocycles. The number of rotatable bonds is 8. The van der Waals surface area contributed by atoms with Crippen molar-refractivity contribution >= 4 is 28.6 Å². The van der Waals surface area contributed by atoms with Crippen LogP contribution < -0.4 is 10.2 Å². The predicted molar refractivity (Wildman–Crippen MR) is 103 cm³/mol. The molecule has 0 bridgehead atoms. The number of hydrogen-bond acceptors (Lipinski definition) is 5. The number of carbonyl (C=O) groups excluding carboxylic acids is 1. The van der Waals surface area contributed by atoms with Gasteiger partial charge in [0.15, 0.2) is 5.58 Å². The summed E-state index contributed by atoms with van der Waals surface area (Å²) in [5.74, 6) is 0.746. The Morgan fingerprint density at radius 2 is 2.07 bits per heavy atom. The van der Waals surface area contributed by atoms with Crippen LogP contribution in [0.15, 0.2) is 40.8 Å². The fourth-order valence-corrected chi connectivity index (χ4v) is 2.94. The van der Waals surface area contributed by atoms with Crippen LogP contribution in [-0.2, 0) is 4.79 Å². The molecule has 3 aromatic rings. The van der Waals surface area contributed by atoms with Crippen LogP contribution in [0.1, 0.15) is 31.2 Å². The number of unbranched alkanes of at least 4 members (excludes halogenated alkanes) is 2. The molecule has 3 rings (SSSR count). The predicted octanol–water partition coefficient (Wildman–Crippen LogP) is 4.90. The quantitative estimate of drug-likeness (QED) is 0.325. The molecule has 0 spiro atoms. The summed E-state index contributed by atoms with van der Waals surface area (Å²) in [6, 6.07) is 11.3.